The molecule has 0 aliphatic heterocycles. The van der Waals surface area contributed by atoms with Crippen LogP contribution >= 0.6 is 0 Å². The minimum atomic E-state index is -0.510. The van der Waals surface area contributed by atoms with Crippen molar-refractivity contribution in [1.82, 2.24) is 4.98 Å². The summed E-state index contributed by atoms with van der Waals surface area (Å²) >= 11 is 0. The Labute approximate surface area is 156 Å². The summed E-state index contributed by atoms with van der Waals surface area (Å²) in [4.78, 5) is 14.4. The van der Waals surface area contributed by atoms with Crippen molar-refractivity contribution < 1.29 is 9.66 Å². The maximum atomic E-state index is 11.0. The molecule has 0 aliphatic carbocycles. The average molecular weight is 362 g/mol. The average Bonchev–Trinajstić information content (AvgIpc) is 2.69. The Bertz CT molecular complexity index is 955. The Kier molecular flexibility index (Phi) is 5.73. The molecule has 3 aromatic rings. The summed E-state index contributed by atoms with van der Waals surface area (Å²) in [5.41, 5.74) is 5.48. The fourth-order valence-electron chi connectivity index (χ4n) is 2.36. The van der Waals surface area contributed by atoms with Crippen molar-refractivity contribution in [3.8, 4) is 5.75 Å². The SMILES string of the molecule is Cc1ccc(COc2ccccc2/C=N\Nc2ncccc2[N+](=O)[O-])cc1. The number of pyridine rings is 1. The van der Waals surface area contributed by atoms with E-state index in [1.807, 2.05) is 55.5 Å². The smallest absolute Gasteiger partial charge is 0.313 e. The molecule has 1 aromatic heterocycles. The van der Waals surface area contributed by atoms with Gasteiger partial charge in [0.25, 0.3) is 0 Å². The first-order valence-electron chi connectivity index (χ1n) is 8.29. The Balaban J connectivity index is 1.69. The molecule has 0 saturated carbocycles. The maximum absolute atomic E-state index is 11.0. The minimum Gasteiger partial charge on any atom is -0.488 e. The second kappa shape index (κ2) is 8.57. The molecule has 1 heterocycles. The maximum Gasteiger partial charge on any atom is 0.313 e. The van der Waals surface area contributed by atoms with Gasteiger partial charge in [0.15, 0.2) is 0 Å². The van der Waals surface area contributed by atoms with Gasteiger partial charge in [-0.25, -0.2) is 4.98 Å². The number of nitro groups is 1. The first-order valence-corrected chi connectivity index (χ1v) is 8.29. The van der Waals surface area contributed by atoms with Gasteiger partial charge in [-0.2, -0.15) is 5.10 Å². The van der Waals surface area contributed by atoms with Crippen LogP contribution in [0.5, 0.6) is 5.75 Å². The molecular weight excluding hydrogens is 344 g/mol. The summed E-state index contributed by atoms with van der Waals surface area (Å²) < 4.78 is 5.88. The molecule has 2 aromatic carbocycles. The van der Waals surface area contributed by atoms with Gasteiger partial charge in [-0.1, -0.05) is 42.0 Å². The minimum absolute atomic E-state index is 0.0804. The molecule has 0 radical (unpaired) electrons. The molecule has 0 atom stereocenters. The van der Waals surface area contributed by atoms with Crippen LogP contribution in [0, 0.1) is 17.0 Å². The summed E-state index contributed by atoms with van der Waals surface area (Å²) in [5.74, 6) is 0.746. The molecule has 0 aliphatic rings. The van der Waals surface area contributed by atoms with Gasteiger partial charge in [-0.05, 0) is 30.7 Å². The van der Waals surface area contributed by atoms with Gasteiger partial charge in [0.2, 0.25) is 5.82 Å². The molecule has 0 spiro atoms. The predicted octanol–water partition coefficient (Wildman–Crippen LogP) is 4.32. The number of nitrogens with one attached hydrogen (secondary N) is 1. The highest BCUT2D eigenvalue weighted by molar-refractivity contribution is 5.84. The van der Waals surface area contributed by atoms with E-state index in [1.165, 1.54) is 23.9 Å². The number of anilines is 1. The van der Waals surface area contributed by atoms with E-state index in [0.717, 1.165) is 11.1 Å². The van der Waals surface area contributed by atoms with Crippen LogP contribution in [-0.2, 0) is 6.61 Å². The molecule has 1 N–H and O–H groups in total. The van der Waals surface area contributed by atoms with Gasteiger partial charge in [-0.15, -0.1) is 0 Å². The molecule has 7 heteroatoms. The van der Waals surface area contributed by atoms with Crippen molar-refractivity contribution in [1.29, 1.82) is 0 Å². The van der Waals surface area contributed by atoms with Gasteiger partial charge in [0.1, 0.15) is 12.4 Å². The van der Waals surface area contributed by atoms with Crippen LogP contribution in [0.3, 0.4) is 0 Å². The Morgan fingerprint density at radius 1 is 1.15 bits per heavy atom. The zero-order chi connectivity index (χ0) is 19.1. The topological polar surface area (TPSA) is 89.7 Å². The van der Waals surface area contributed by atoms with Crippen molar-refractivity contribution in [3.05, 3.63) is 93.7 Å². The Hall–Kier alpha value is -3.74. The van der Waals surface area contributed by atoms with Crippen LogP contribution in [0.1, 0.15) is 16.7 Å². The zero-order valence-corrected chi connectivity index (χ0v) is 14.7. The van der Waals surface area contributed by atoms with Gasteiger partial charge in [-0.3, -0.25) is 15.5 Å². The Morgan fingerprint density at radius 3 is 2.70 bits per heavy atom. The summed E-state index contributed by atoms with van der Waals surface area (Å²) in [6, 6.07) is 18.4. The highest BCUT2D eigenvalue weighted by Gasteiger charge is 2.13. The molecule has 0 fully saturated rings. The lowest BCUT2D eigenvalue weighted by molar-refractivity contribution is -0.384. The molecule has 0 bridgehead atoms. The van der Waals surface area contributed by atoms with E-state index < -0.39 is 4.92 Å². The van der Waals surface area contributed by atoms with Crippen LogP contribution in [-0.4, -0.2) is 16.1 Å². The molecule has 0 amide bonds. The predicted molar refractivity (Wildman–Crippen MR) is 104 cm³/mol. The normalized spacial score (nSPS) is 10.7. The van der Waals surface area contributed by atoms with Crippen molar-refractivity contribution in [2.24, 2.45) is 5.10 Å². The number of benzene rings is 2. The third kappa shape index (κ3) is 4.88. The molecule has 0 saturated heterocycles. The summed E-state index contributed by atoms with van der Waals surface area (Å²) in [6.07, 6.45) is 3.01. The lowest BCUT2D eigenvalue weighted by Crippen LogP contribution is -2.01. The van der Waals surface area contributed by atoms with Crippen LogP contribution in [0.4, 0.5) is 11.5 Å². The van der Waals surface area contributed by atoms with Gasteiger partial charge >= 0.3 is 5.69 Å². The van der Waals surface area contributed by atoms with Crippen LogP contribution in [0.15, 0.2) is 72.0 Å². The van der Waals surface area contributed by atoms with Crippen LogP contribution < -0.4 is 10.2 Å². The standard InChI is InChI=1S/C20H18N4O3/c1-15-8-10-16(11-9-15)14-27-19-7-3-2-5-17(19)13-22-23-20-18(24(25)26)6-4-12-21-20/h2-13H,14H2,1H3,(H,21,23)/b22-13-. The summed E-state index contributed by atoms with van der Waals surface area (Å²) in [5, 5.41) is 15.1. The molecule has 7 nitrogen and oxygen atoms in total. The number of hydrogen-bond acceptors (Lipinski definition) is 6. The number of aromatic nitrogens is 1. The zero-order valence-electron chi connectivity index (χ0n) is 14.7. The van der Waals surface area contributed by atoms with E-state index in [9.17, 15) is 10.1 Å². The molecular formula is C20H18N4O3. The van der Waals surface area contributed by atoms with Crippen LogP contribution in [0.2, 0.25) is 0 Å². The van der Waals surface area contributed by atoms with Crippen molar-refractivity contribution in [3.63, 3.8) is 0 Å². The van der Waals surface area contributed by atoms with Gasteiger partial charge in [0, 0.05) is 17.8 Å². The first-order chi connectivity index (χ1) is 13.1. The van der Waals surface area contributed by atoms with Crippen LogP contribution in [0.25, 0.3) is 0 Å². The first kappa shape index (κ1) is 18.1. The number of hydrogen-bond donors (Lipinski definition) is 1. The van der Waals surface area contributed by atoms with E-state index in [2.05, 4.69) is 15.5 Å². The third-order valence-corrected chi connectivity index (χ3v) is 3.79. The summed E-state index contributed by atoms with van der Waals surface area (Å²) in [6.45, 7) is 2.47. The highest BCUT2D eigenvalue weighted by atomic mass is 16.6. The molecule has 0 unspecified atom stereocenters. The third-order valence-electron chi connectivity index (χ3n) is 3.79. The van der Waals surface area contributed by atoms with Gasteiger partial charge < -0.3 is 4.74 Å². The lowest BCUT2D eigenvalue weighted by atomic mass is 10.1. The number of hydrazone groups is 1. The quantitative estimate of drug-likeness (QED) is 0.384. The molecule has 27 heavy (non-hydrogen) atoms. The van der Waals surface area contributed by atoms with Gasteiger partial charge in [0.05, 0.1) is 11.1 Å². The van der Waals surface area contributed by atoms with E-state index in [-0.39, 0.29) is 11.5 Å². The number of nitrogens with zero attached hydrogens (tertiary/aromatic N) is 3. The van der Waals surface area contributed by atoms with E-state index in [0.29, 0.717) is 12.4 Å². The number of para-hydroxylation sites is 1. The van der Waals surface area contributed by atoms with Crippen molar-refractivity contribution in [2.75, 3.05) is 5.43 Å². The van der Waals surface area contributed by atoms with E-state index in [1.54, 1.807) is 6.21 Å². The molecule has 3 rings (SSSR count). The summed E-state index contributed by atoms with van der Waals surface area (Å²) in [7, 11) is 0. The number of rotatable bonds is 7. The molecule has 136 valence electrons. The lowest BCUT2D eigenvalue weighted by Gasteiger charge is -2.09. The Morgan fingerprint density at radius 2 is 1.93 bits per heavy atom. The van der Waals surface area contributed by atoms with Crippen molar-refractivity contribution in [2.45, 2.75) is 13.5 Å². The number of ether oxygens (including phenoxy) is 1. The monoisotopic (exact) mass is 362 g/mol. The second-order valence-corrected chi connectivity index (χ2v) is 5.81. The van der Waals surface area contributed by atoms with E-state index in [4.69, 9.17) is 4.74 Å². The van der Waals surface area contributed by atoms with E-state index >= 15 is 0 Å². The fraction of sp³-hybridized carbons (Fsp3) is 0.100. The van der Waals surface area contributed by atoms with Crippen molar-refractivity contribution >= 4 is 17.7 Å². The fourth-order valence-corrected chi connectivity index (χ4v) is 2.36. The highest BCUT2D eigenvalue weighted by Crippen LogP contribution is 2.21. The number of aryl methyl sites for hydroxylation is 1. The largest absolute Gasteiger partial charge is 0.488 e. The second-order valence-electron chi connectivity index (χ2n) is 5.81.